The number of carboxylic acids is 1. The summed E-state index contributed by atoms with van der Waals surface area (Å²) in [7, 11) is 1.58. The Morgan fingerprint density at radius 1 is 1.43 bits per heavy atom. The third kappa shape index (κ3) is 4.89. The van der Waals surface area contributed by atoms with E-state index < -0.39 is 12.0 Å². The lowest BCUT2D eigenvalue weighted by Crippen LogP contribution is -2.40. The average Bonchev–Trinajstić information content (AvgIpc) is 2.38. The number of aliphatic carboxylic acids is 1. The summed E-state index contributed by atoms with van der Waals surface area (Å²) in [6, 6.07) is 3.17. The van der Waals surface area contributed by atoms with Gasteiger partial charge in [0.2, 0.25) is 0 Å². The fourth-order valence-electron chi connectivity index (χ4n) is 2.02. The number of hydrogen-bond donors (Lipinski definition) is 2. The van der Waals surface area contributed by atoms with Crippen LogP contribution < -0.4 is 14.8 Å². The number of methoxy groups -OCH3 is 1. The van der Waals surface area contributed by atoms with Crippen LogP contribution >= 0.6 is 15.9 Å². The molecule has 0 saturated heterocycles. The number of carboxylic acid groups (broad SMARTS) is 1. The highest BCUT2D eigenvalue weighted by molar-refractivity contribution is 9.10. The van der Waals surface area contributed by atoms with Gasteiger partial charge in [0.05, 0.1) is 18.2 Å². The largest absolute Gasteiger partial charge is 0.492 e. The first kappa shape index (κ1) is 17.8. The van der Waals surface area contributed by atoms with Gasteiger partial charge in [-0.05, 0) is 46.5 Å². The molecule has 0 aliphatic heterocycles. The summed E-state index contributed by atoms with van der Waals surface area (Å²) in [6.45, 7) is 6.63. The molecule has 0 aliphatic carbocycles. The molecule has 0 aromatic heterocycles. The van der Waals surface area contributed by atoms with Crippen molar-refractivity contribution in [1.82, 2.24) is 5.32 Å². The molecule has 21 heavy (non-hydrogen) atoms. The van der Waals surface area contributed by atoms with Crippen LogP contribution in [-0.2, 0) is 11.3 Å². The summed E-state index contributed by atoms with van der Waals surface area (Å²) < 4.78 is 11.6. The van der Waals surface area contributed by atoms with Crippen LogP contribution in [0.5, 0.6) is 11.5 Å². The van der Waals surface area contributed by atoms with Crippen molar-refractivity contribution >= 4 is 21.9 Å². The standard InChI is InChI=1S/C15H22BrNO4/c1-5-21-12-7-10(6-11(16)14(12)20-4)8-17-13(9(2)3)15(18)19/h6-7,9,13,17H,5,8H2,1-4H3,(H,18,19). The monoisotopic (exact) mass is 359 g/mol. The van der Waals surface area contributed by atoms with E-state index in [1.54, 1.807) is 7.11 Å². The number of ether oxygens (including phenoxy) is 2. The van der Waals surface area contributed by atoms with Crippen LogP contribution in [0.25, 0.3) is 0 Å². The number of rotatable bonds is 8. The normalized spacial score (nSPS) is 12.3. The van der Waals surface area contributed by atoms with Crippen molar-refractivity contribution in [2.75, 3.05) is 13.7 Å². The lowest BCUT2D eigenvalue weighted by Gasteiger charge is -2.19. The van der Waals surface area contributed by atoms with E-state index in [0.717, 1.165) is 10.0 Å². The lowest BCUT2D eigenvalue weighted by molar-refractivity contribution is -0.140. The Labute approximate surface area is 133 Å². The summed E-state index contributed by atoms with van der Waals surface area (Å²) in [5, 5.41) is 12.2. The Bertz CT molecular complexity index is 491. The maximum atomic E-state index is 11.2. The first-order valence-electron chi connectivity index (χ1n) is 6.86. The van der Waals surface area contributed by atoms with E-state index in [2.05, 4.69) is 21.2 Å². The summed E-state index contributed by atoms with van der Waals surface area (Å²) in [5.74, 6) is 0.444. The zero-order valence-corrected chi connectivity index (χ0v) is 14.4. The molecule has 1 atom stereocenters. The number of hydrogen-bond acceptors (Lipinski definition) is 4. The zero-order chi connectivity index (χ0) is 16.0. The van der Waals surface area contributed by atoms with Gasteiger partial charge < -0.3 is 19.9 Å². The molecule has 1 rings (SSSR count). The molecule has 0 bridgehead atoms. The van der Waals surface area contributed by atoms with Crippen LogP contribution in [0.4, 0.5) is 0 Å². The molecule has 0 aliphatic rings. The van der Waals surface area contributed by atoms with Crippen molar-refractivity contribution in [2.24, 2.45) is 5.92 Å². The minimum Gasteiger partial charge on any atom is -0.492 e. The topological polar surface area (TPSA) is 67.8 Å². The molecule has 0 heterocycles. The molecular weight excluding hydrogens is 338 g/mol. The minimum absolute atomic E-state index is 0.00977. The van der Waals surface area contributed by atoms with Crippen LogP contribution in [-0.4, -0.2) is 30.8 Å². The van der Waals surface area contributed by atoms with E-state index in [1.165, 1.54) is 0 Å². The van der Waals surface area contributed by atoms with Gasteiger partial charge in [0.15, 0.2) is 11.5 Å². The van der Waals surface area contributed by atoms with Gasteiger partial charge in [-0.15, -0.1) is 0 Å². The average molecular weight is 360 g/mol. The van der Waals surface area contributed by atoms with Crippen LogP contribution in [0.3, 0.4) is 0 Å². The Hall–Kier alpha value is -1.27. The van der Waals surface area contributed by atoms with E-state index in [4.69, 9.17) is 9.47 Å². The van der Waals surface area contributed by atoms with Gasteiger partial charge in [0.25, 0.3) is 0 Å². The maximum absolute atomic E-state index is 11.2. The van der Waals surface area contributed by atoms with Crippen LogP contribution in [0.2, 0.25) is 0 Å². The molecule has 0 radical (unpaired) electrons. The molecule has 1 aromatic carbocycles. The van der Waals surface area contributed by atoms with E-state index in [9.17, 15) is 9.90 Å². The van der Waals surface area contributed by atoms with Crippen molar-refractivity contribution in [3.8, 4) is 11.5 Å². The molecule has 1 aromatic rings. The minimum atomic E-state index is -0.845. The molecule has 6 heteroatoms. The zero-order valence-electron chi connectivity index (χ0n) is 12.8. The highest BCUT2D eigenvalue weighted by Gasteiger charge is 2.21. The molecule has 118 valence electrons. The second-order valence-corrected chi connectivity index (χ2v) is 5.84. The van der Waals surface area contributed by atoms with Crippen molar-refractivity contribution in [1.29, 1.82) is 0 Å². The molecule has 5 nitrogen and oxygen atoms in total. The van der Waals surface area contributed by atoms with Crippen molar-refractivity contribution in [2.45, 2.75) is 33.4 Å². The van der Waals surface area contributed by atoms with E-state index >= 15 is 0 Å². The maximum Gasteiger partial charge on any atom is 0.320 e. The second-order valence-electron chi connectivity index (χ2n) is 4.98. The van der Waals surface area contributed by atoms with Gasteiger partial charge in [-0.2, -0.15) is 0 Å². The van der Waals surface area contributed by atoms with Crippen molar-refractivity contribution in [3.63, 3.8) is 0 Å². The number of halogens is 1. The van der Waals surface area contributed by atoms with E-state index in [0.29, 0.717) is 24.7 Å². The highest BCUT2D eigenvalue weighted by Crippen LogP contribution is 2.36. The quantitative estimate of drug-likeness (QED) is 0.746. The highest BCUT2D eigenvalue weighted by atomic mass is 79.9. The van der Waals surface area contributed by atoms with Crippen LogP contribution in [0, 0.1) is 5.92 Å². The predicted octanol–water partition coefficient (Wildman–Crippen LogP) is 3.06. The van der Waals surface area contributed by atoms with Gasteiger partial charge >= 0.3 is 5.97 Å². The Morgan fingerprint density at radius 2 is 2.10 bits per heavy atom. The summed E-state index contributed by atoms with van der Waals surface area (Å²) in [6.07, 6.45) is 0. The van der Waals surface area contributed by atoms with E-state index in [1.807, 2.05) is 32.9 Å². The Balaban J connectivity index is 2.91. The smallest absolute Gasteiger partial charge is 0.320 e. The number of benzene rings is 1. The fourth-order valence-corrected chi connectivity index (χ4v) is 2.67. The molecule has 0 spiro atoms. The third-order valence-corrected chi connectivity index (χ3v) is 3.62. The predicted molar refractivity (Wildman–Crippen MR) is 85.0 cm³/mol. The van der Waals surface area contributed by atoms with Gasteiger partial charge in [0.1, 0.15) is 6.04 Å². The van der Waals surface area contributed by atoms with Gasteiger partial charge in [-0.3, -0.25) is 4.79 Å². The SMILES string of the molecule is CCOc1cc(CNC(C(=O)O)C(C)C)cc(Br)c1OC. The first-order chi connectivity index (χ1) is 9.90. The third-order valence-electron chi connectivity index (χ3n) is 3.03. The molecule has 0 saturated carbocycles. The lowest BCUT2D eigenvalue weighted by atomic mass is 10.0. The summed E-state index contributed by atoms with van der Waals surface area (Å²) >= 11 is 3.44. The first-order valence-corrected chi connectivity index (χ1v) is 7.65. The van der Waals surface area contributed by atoms with Crippen molar-refractivity contribution < 1.29 is 19.4 Å². The molecule has 0 fully saturated rings. The summed E-state index contributed by atoms with van der Waals surface area (Å²) in [4.78, 5) is 11.2. The Morgan fingerprint density at radius 3 is 2.57 bits per heavy atom. The second kappa shape index (κ2) is 8.24. The van der Waals surface area contributed by atoms with Crippen molar-refractivity contribution in [3.05, 3.63) is 22.2 Å². The number of nitrogens with one attached hydrogen (secondary N) is 1. The molecule has 2 N–H and O–H groups in total. The summed E-state index contributed by atoms with van der Waals surface area (Å²) in [5.41, 5.74) is 0.929. The Kier molecular flexibility index (Phi) is 6.98. The van der Waals surface area contributed by atoms with Gasteiger partial charge in [0, 0.05) is 6.54 Å². The van der Waals surface area contributed by atoms with Gasteiger partial charge in [-0.25, -0.2) is 0 Å². The molecular formula is C15H22BrNO4. The van der Waals surface area contributed by atoms with E-state index in [-0.39, 0.29) is 5.92 Å². The van der Waals surface area contributed by atoms with Gasteiger partial charge in [-0.1, -0.05) is 13.8 Å². The van der Waals surface area contributed by atoms with Crippen LogP contribution in [0.1, 0.15) is 26.3 Å². The molecule has 1 unspecified atom stereocenters. The van der Waals surface area contributed by atoms with Crippen LogP contribution in [0.15, 0.2) is 16.6 Å². The molecule has 0 amide bonds. The fraction of sp³-hybridized carbons (Fsp3) is 0.533. The number of carbonyl (C=O) groups is 1.